The molecule has 1 aromatic heterocycles. The Balaban J connectivity index is 2.39. The molecule has 0 aliphatic carbocycles. The van der Waals surface area contributed by atoms with Crippen LogP contribution in [0.25, 0.3) is 21.7 Å². The van der Waals surface area contributed by atoms with Crippen LogP contribution in [0.2, 0.25) is 0 Å². The van der Waals surface area contributed by atoms with Crippen LogP contribution in [0.1, 0.15) is 5.56 Å². The molecule has 3 aromatic rings. The quantitative estimate of drug-likeness (QED) is 0.675. The van der Waals surface area contributed by atoms with Gasteiger partial charge in [0, 0.05) is 10.9 Å². The topological polar surface area (TPSA) is 65.9 Å². The number of pyridine rings is 1. The van der Waals surface area contributed by atoms with E-state index < -0.39 is 0 Å². The van der Waals surface area contributed by atoms with Crippen molar-refractivity contribution in [3.8, 4) is 11.8 Å². The summed E-state index contributed by atoms with van der Waals surface area (Å²) in [6.45, 7) is 0. The number of H-pyrrole nitrogens is 1. The molecule has 3 rings (SSSR count). The van der Waals surface area contributed by atoms with Crippen molar-refractivity contribution in [2.75, 3.05) is 7.11 Å². The summed E-state index contributed by atoms with van der Waals surface area (Å²) >= 11 is 0. The van der Waals surface area contributed by atoms with Gasteiger partial charge in [-0.1, -0.05) is 6.07 Å². The smallest absolute Gasteiger partial charge is 0.266 e. The van der Waals surface area contributed by atoms with Crippen molar-refractivity contribution in [1.82, 2.24) is 4.98 Å². The molecule has 0 unspecified atom stereocenters. The van der Waals surface area contributed by atoms with E-state index in [1.807, 2.05) is 36.4 Å². The summed E-state index contributed by atoms with van der Waals surface area (Å²) in [5.41, 5.74) is 0.485. The van der Waals surface area contributed by atoms with Gasteiger partial charge in [0.2, 0.25) is 0 Å². The maximum atomic E-state index is 11.6. The Morgan fingerprint density at radius 2 is 1.95 bits per heavy atom. The first kappa shape index (κ1) is 11.3. The lowest BCUT2D eigenvalue weighted by molar-refractivity contribution is 0.415. The number of fused-ring (bicyclic) bond motifs is 2. The van der Waals surface area contributed by atoms with Gasteiger partial charge in [-0.25, -0.2) is 0 Å². The predicted molar refractivity (Wildman–Crippen MR) is 73.3 cm³/mol. The summed E-state index contributed by atoms with van der Waals surface area (Å²) < 4.78 is 5.19. The Bertz CT molecular complexity index is 888. The molecular weight excluding hydrogens is 240 g/mol. The minimum Gasteiger partial charge on any atom is -0.497 e. The summed E-state index contributed by atoms with van der Waals surface area (Å²) in [4.78, 5) is 14.3. The van der Waals surface area contributed by atoms with Gasteiger partial charge in [-0.3, -0.25) is 4.79 Å². The second kappa shape index (κ2) is 4.14. The molecule has 0 radical (unpaired) electrons. The van der Waals surface area contributed by atoms with Gasteiger partial charge in [0.15, 0.2) is 0 Å². The van der Waals surface area contributed by atoms with E-state index in [1.54, 1.807) is 13.2 Å². The third-order valence-electron chi connectivity index (χ3n) is 3.13. The molecule has 0 amide bonds. The van der Waals surface area contributed by atoms with Gasteiger partial charge < -0.3 is 9.72 Å². The number of nitrogens with one attached hydrogen (secondary N) is 1. The SMILES string of the molecule is COc1ccc2cc3[nH]c(=O)c(C#N)cc3cc2c1. The summed E-state index contributed by atoms with van der Waals surface area (Å²) in [6.07, 6.45) is 0. The number of aromatic amines is 1. The number of nitriles is 1. The average molecular weight is 250 g/mol. The fraction of sp³-hybridized carbons (Fsp3) is 0.0667. The number of methoxy groups -OCH3 is 1. The zero-order valence-electron chi connectivity index (χ0n) is 10.2. The Kier molecular flexibility index (Phi) is 2.46. The normalized spacial score (nSPS) is 10.5. The van der Waals surface area contributed by atoms with Crippen LogP contribution < -0.4 is 10.3 Å². The lowest BCUT2D eigenvalue weighted by Crippen LogP contribution is -2.09. The highest BCUT2D eigenvalue weighted by Gasteiger charge is 2.04. The second-order valence-corrected chi connectivity index (χ2v) is 4.28. The van der Waals surface area contributed by atoms with Crippen LogP contribution in [0.4, 0.5) is 0 Å². The average Bonchev–Trinajstić information content (AvgIpc) is 2.44. The summed E-state index contributed by atoms with van der Waals surface area (Å²) in [5, 5.41) is 11.7. The first-order valence-corrected chi connectivity index (χ1v) is 5.76. The summed E-state index contributed by atoms with van der Waals surface area (Å²) in [7, 11) is 1.62. The predicted octanol–water partition coefficient (Wildman–Crippen LogP) is 2.56. The van der Waals surface area contributed by atoms with Gasteiger partial charge in [0.1, 0.15) is 17.4 Å². The van der Waals surface area contributed by atoms with Gasteiger partial charge in [0.05, 0.1) is 7.11 Å². The zero-order valence-corrected chi connectivity index (χ0v) is 10.2. The molecule has 0 aliphatic heterocycles. The number of ether oxygens (including phenoxy) is 1. The largest absolute Gasteiger partial charge is 0.497 e. The molecule has 0 spiro atoms. The van der Waals surface area contributed by atoms with E-state index in [0.29, 0.717) is 0 Å². The number of nitrogens with zero attached hydrogens (tertiary/aromatic N) is 1. The molecular formula is C15H10N2O2. The molecule has 92 valence electrons. The molecule has 19 heavy (non-hydrogen) atoms. The van der Waals surface area contributed by atoms with Crippen LogP contribution in [-0.4, -0.2) is 12.1 Å². The van der Waals surface area contributed by atoms with Crippen molar-refractivity contribution in [1.29, 1.82) is 5.26 Å². The van der Waals surface area contributed by atoms with Crippen molar-refractivity contribution in [2.45, 2.75) is 0 Å². The molecule has 4 heteroatoms. The Morgan fingerprint density at radius 3 is 2.68 bits per heavy atom. The van der Waals surface area contributed by atoms with Gasteiger partial charge in [-0.15, -0.1) is 0 Å². The number of hydrogen-bond acceptors (Lipinski definition) is 3. The molecule has 0 aliphatic rings. The number of hydrogen-bond donors (Lipinski definition) is 1. The first-order valence-electron chi connectivity index (χ1n) is 5.76. The Labute approximate surface area is 108 Å². The van der Waals surface area contributed by atoms with Gasteiger partial charge in [0.25, 0.3) is 5.56 Å². The molecule has 0 saturated carbocycles. The lowest BCUT2D eigenvalue weighted by atomic mass is 10.1. The molecule has 0 atom stereocenters. The Morgan fingerprint density at radius 1 is 1.11 bits per heavy atom. The van der Waals surface area contributed by atoms with Crippen LogP contribution in [0.3, 0.4) is 0 Å². The van der Waals surface area contributed by atoms with E-state index in [4.69, 9.17) is 10.00 Å². The van der Waals surface area contributed by atoms with E-state index in [1.165, 1.54) is 0 Å². The van der Waals surface area contributed by atoms with E-state index in [9.17, 15) is 4.79 Å². The molecule has 0 fully saturated rings. The van der Waals surface area contributed by atoms with Crippen molar-refractivity contribution in [3.05, 3.63) is 52.3 Å². The number of rotatable bonds is 1. The van der Waals surface area contributed by atoms with Crippen molar-refractivity contribution in [3.63, 3.8) is 0 Å². The lowest BCUT2D eigenvalue weighted by Gasteiger charge is -2.05. The molecule has 0 saturated heterocycles. The highest BCUT2D eigenvalue weighted by atomic mass is 16.5. The van der Waals surface area contributed by atoms with Crippen LogP contribution in [0, 0.1) is 11.3 Å². The number of aromatic nitrogens is 1. The van der Waals surface area contributed by atoms with E-state index in [-0.39, 0.29) is 11.1 Å². The molecule has 2 aromatic carbocycles. The van der Waals surface area contributed by atoms with Crippen LogP contribution >= 0.6 is 0 Å². The zero-order chi connectivity index (χ0) is 13.4. The maximum Gasteiger partial charge on any atom is 0.266 e. The van der Waals surface area contributed by atoms with Crippen molar-refractivity contribution >= 4 is 21.7 Å². The maximum absolute atomic E-state index is 11.6. The number of benzene rings is 2. The molecule has 0 bridgehead atoms. The van der Waals surface area contributed by atoms with Crippen LogP contribution in [0.5, 0.6) is 5.75 Å². The fourth-order valence-corrected chi connectivity index (χ4v) is 2.14. The summed E-state index contributed by atoms with van der Waals surface area (Å²) in [5.74, 6) is 0.775. The third kappa shape index (κ3) is 1.81. The van der Waals surface area contributed by atoms with Crippen molar-refractivity contribution < 1.29 is 4.74 Å². The first-order chi connectivity index (χ1) is 9.21. The minimum absolute atomic E-state index is 0.120. The summed E-state index contributed by atoms with van der Waals surface area (Å²) in [6, 6.07) is 13.1. The monoisotopic (exact) mass is 250 g/mol. The highest BCUT2D eigenvalue weighted by molar-refractivity contribution is 5.97. The van der Waals surface area contributed by atoms with Gasteiger partial charge in [-0.05, 0) is 41.1 Å². The molecule has 1 heterocycles. The van der Waals surface area contributed by atoms with Gasteiger partial charge >= 0.3 is 0 Å². The molecule has 4 nitrogen and oxygen atoms in total. The standard InChI is InChI=1S/C15H10N2O2/c1-19-13-3-2-9-7-14-11(4-10(9)6-13)5-12(8-16)15(18)17-14/h2-7H,1H3,(H,17,18). The van der Waals surface area contributed by atoms with E-state index in [2.05, 4.69) is 4.98 Å². The van der Waals surface area contributed by atoms with Gasteiger partial charge in [-0.2, -0.15) is 5.26 Å². The minimum atomic E-state index is -0.358. The van der Waals surface area contributed by atoms with Crippen molar-refractivity contribution in [2.24, 2.45) is 0 Å². The van der Waals surface area contributed by atoms with Crippen LogP contribution in [0.15, 0.2) is 41.2 Å². The highest BCUT2D eigenvalue weighted by Crippen LogP contribution is 2.25. The third-order valence-corrected chi connectivity index (χ3v) is 3.13. The Hall–Kier alpha value is -2.80. The van der Waals surface area contributed by atoms with Crippen LogP contribution in [-0.2, 0) is 0 Å². The van der Waals surface area contributed by atoms with E-state index in [0.717, 1.165) is 27.4 Å². The fourth-order valence-electron chi connectivity index (χ4n) is 2.14. The molecule has 1 N–H and O–H groups in total. The van der Waals surface area contributed by atoms with E-state index >= 15 is 0 Å². The second-order valence-electron chi connectivity index (χ2n) is 4.28.